The van der Waals surface area contributed by atoms with Crippen LogP contribution >= 0.6 is 31.9 Å². The van der Waals surface area contributed by atoms with Crippen LogP contribution in [-0.4, -0.2) is 35.6 Å². The van der Waals surface area contributed by atoms with E-state index >= 15 is 0 Å². The number of anilines is 1. The van der Waals surface area contributed by atoms with Gasteiger partial charge in [-0.15, -0.1) is 0 Å². The highest BCUT2D eigenvalue weighted by Gasteiger charge is 2.64. The molecule has 2 amide bonds. The molecule has 0 saturated carbocycles. The van der Waals surface area contributed by atoms with Gasteiger partial charge in [-0.05, 0) is 75.6 Å². The monoisotopic (exact) mass is 606 g/mol. The third kappa shape index (κ3) is 3.38. The summed E-state index contributed by atoms with van der Waals surface area (Å²) in [4.78, 5) is 45.0. The van der Waals surface area contributed by atoms with Crippen molar-refractivity contribution >= 4 is 61.2 Å². The van der Waals surface area contributed by atoms with Gasteiger partial charge in [0.1, 0.15) is 11.8 Å². The van der Waals surface area contributed by atoms with Gasteiger partial charge in [-0.2, -0.15) is 0 Å². The molecule has 0 bridgehead atoms. The Morgan fingerprint density at radius 1 is 0.917 bits per heavy atom. The van der Waals surface area contributed by atoms with Gasteiger partial charge in [0.15, 0.2) is 5.78 Å². The van der Waals surface area contributed by atoms with E-state index in [0.717, 1.165) is 15.6 Å². The summed E-state index contributed by atoms with van der Waals surface area (Å²) in [6.07, 6.45) is 3.80. The molecule has 3 heterocycles. The number of carbonyl (C=O) groups excluding carboxylic acids is 3. The molecule has 3 aromatic carbocycles. The number of carbonyl (C=O) groups is 3. The lowest BCUT2D eigenvalue weighted by atomic mass is 9.83. The number of Topliss-reactive ketones (excluding diaryl/α,β-unsaturated/α-hetero) is 1. The molecule has 0 N–H and O–H groups in total. The summed E-state index contributed by atoms with van der Waals surface area (Å²) < 4.78 is 6.81. The number of rotatable bonds is 4. The Kier molecular flexibility index (Phi) is 5.61. The van der Waals surface area contributed by atoms with E-state index in [0.29, 0.717) is 21.5 Å². The minimum Gasteiger partial charge on any atom is -0.496 e. The number of hydrogen-bond acceptors (Lipinski definition) is 5. The van der Waals surface area contributed by atoms with E-state index in [-0.39, 0.29) is 17.6 Å². The lowest BCUT2D eigenvalue weighted by Gasteiger charge is -2.35. The van der Waals surface area contributed by atoms with Crippen LogP contribution in [0.5, 0.6) is 5.75 Å². The zero-order chi connectivity index (χ0) is 25.1. The number of ketones is 1. The fourth-order valence-corrected chi connectivity index (χ4v) is 6.50. The predicted molar refractivity (Wildman–Crippen MR) is 142 cm³/mol. The van der Waals surface area contributed by atoms with Crippen LogP contribution in [-0.2, 0) is 9.59 Å². The number of benzene rings is 3. The van der Waals surface area contributed by atoms with Crippen LogP contribution < -0.4 is 9.64 Å². The molecular formula is C28H20Br2N2O4. The first-order valence-electron chi connectivity index (χ1n) is 11.5. The highest BCUT2D eigenvalue weighted by Crippen LogP contribution is 2.53. The molecule has 0 spiro atoms. The third-order valence-electron chi connectivity index (χ3n) is 7.25. The first kappa shape index (κ1) is 23.2. The van der Waals surface area contributed by atoms with E-state index in [2.05, 4.69) is 31.9 Å². The smallest absolute Gasteiger partial charge is 0.240 e. The number of amides is 2. The van der Waals surface area contributed by atoms with E-state index in [4.69, 9.17) is 4.74 Å². The highest BCUT2D eigenvalue weighted by atomic mass is 79.9. The number of ether oxygens (including phenoxy) is 1. The maximum atomic E-state index is 14.0. The molecule has 6 nitrogen and oxygen atoms in total. The quantitative estimate of drug-likeness (QED) is 0.285. The van der Waals surface area contributed by atoms with Gasteiger partial charge < -0.3 is 9.64 Å². The topological polar surface area (TPSA) is 66.9 Å². The first-order chi connectivity index (χ1) is 17.4. The fraction of sp³-hybridized carbons (Fsp3) is 0.179. The van der Waals surface area contributed by atoms with Crippen LogP contribution in [0.1, 0.15) is 27.5 Å². The van der Waals surface area contributed by atoms with E-state index < -0.39 is 23.9 Å². The second-order valence-electron chi connectivity index (χ2n) is 9.03. The summed E-state index contributed by atoms with van der Waals surface area (Å²) in [6.45, 7) is 0. The Bertz CT molecular complexity index is 1450. The van der Waals surface area contributed by atoms with Crippen molar-refractivity contribution in [3.8, 4) is 5.75 Å². The van der Waals surface area contributed by atoms with Crippen molar-refractivity contribution < 1.29 is 19.1 Å². The molecular weight excluding hydrogens is 588 g/mol. The predicted octanol–water partition coefficient (Wildman–Crippen LogP) is 5.62. The fourth-order valence-electron chi connectivity index (χ4n) is 5.69. The van der Waals surface area contributed by atoms with E-state index in [1.54, 1.807) is 49.6 Å². The van der Waals surface area contributed by atoms with Crippen molar-refractivity contribution in [3.63, 3.8) is 0 Å². The summed E-state index contributed by atoms with van der Waals surface area (Å²) >= 11 is 6.87. The van der Waals surface area contributed by atoms with Crippen molar-refractivity contribution in [3.05, 3.63) is 98.6 Å². The van der Waals surface area contributed by atoms with Crippen molar-refractivity contribution in [1.29, 1.82) is 0 Å². The summed E-state index contributed by atoms with van der Waals surface area (Å²) in [6, 6.07) is 18.8. The Hall–Kier alpha value is -3.23. The Morgan fingerprint density at radius 3 is 2.36 bits per heavy atom. The van der Waals surface area contributed by atoms with E-state index in [1.807, 2.05) is 41.4 Å². The molecule has 3 aliphatic rings. The molecule has 3 aromatic rings. The second kappa shape index (κ2) is 8.71. The SMILES string of the molecule is COc1ccc(C(=O)C2C3C(=O)N(c4ccc(Br)cc4)C(=O)C3C3c4ccccc4C=CN23)cc1Br. The largest absolute Gasteiger partial charge is 0.496 e. The number of nitrogens with zero attached hydrogens (tertiary/aromatic N) is 2. The van der Waals surface area contributed by atoms with Gasteiger partial charge in [-0.1, -0.05) is 40.2 Å². The molecule has 8 heteroatoms. The molecule has 180 valence electrons. The standard InChI is InChI=1S/C28H20Br2N2O4/c1-36-21-11-6-16(14-20(21)30)26(33)25-23-22(24-19-5-3-2-4-15(19)12-13-31(24)25)27(34)32(28(23)35)18-9-7-17(29)8-10-18/h2-14,22-25H,1H3. The lowest BCUT2D eigenvalue weighted by molar-refractivity contribution is -0.123. The summed E-state index contributed by atoms with van der Waals surface area (Å²) in [5.41, 5.74) is 2.88. The molecule has 6 rings (SSSR count). The van der Waals surface area contributed by atoms with E-state index in [1.165, 1.54) is 4.90 Å². The third-order valence-corrected chi connectivity index (χ3v) is 8.40. The summed E-state index contributed by atoms with van der Waals surface area (Å²) in [7, 11) is 1.56. The Balaban J connectivity index is 1.48. The number of methoxy groups -OCH3 is 1. The van der Waals surface area contributed by atoms with Gasteiger partial charge in [-0.3, -0.25) is 14.4 Å². The van der Waals surface area contributed by atoms with Crippen LogP contribution in [0.2, 0.25) is 0 Å². The number of fused-ring (bicyclic) bond motifs is 5. The normalized spacial score (nSPS) is 24.0. The minimum absolute atomic E-state index is 0.210. The zero-order valence-corrected chi connectivity index (χ0v) is 22.3. The average molecular weight is 608 g/mol. The molecule has 2 saturated heterocycles. The number of imide groups is 1. The van der Waals surface area contributed by atoms with Crippen molar-refractivity contribution in [1.82, 2.24) is 4.90 Å². The molecule has 0 aliphatic carbocycles. The highest BCUT2D eigenvalue weighted by molar-refractivity contribution is 9.10. The van der Waals surface area contributed by atoms with Gasteiger partial charge in [-0.25, -0.2) is 4.90 Å². The molecule has 4 unspecified atom stereocenters. The van der Waals surface area contributed by atoms with Gasteiger partial charge in [0.25, 0.3) is 0 Å². The maximum absolute atomic E-state index is 14.0. The Morgan fingerprint density at radius 2 is 1.64 bits per heavy atom. The minimum atomic E-state index is -0.818. The Labute approximate surface area is 224 Å². The average Bonchev–Trinajstić information content (AvgIpc) is 3.36. The van der Waals surface area contributed by atoms with Crippen LogP contribution in [0.3, 0.4) is 0 Å². The lowest BCUT2D eigenvalue weighted by Crippen LogP contribution is -2.44. The van der Waals surface area contributed by atoms with Gasteiger partial charge in [0.05, 0.1) is 35.1 Å². The van der Waals surface area contributed by atoms with Crippen molar-refractivity contribution in [2.24, 2.45) is 11.8 Å². The van der Waals surface area contributed by atoms with Crippen LogP contribution in [0.4, 0.5) is 5.69 Å². The van der Waals surface area contributed by atoms with Crippen molar-refractivity contribution in [2.75, 3.05) is 12.0 Å². The van der Waals surface area contributed by atoms with Crippen molar-refractivity contribution in [2.45, 2.75) is 12.1 Å². The van der Waals surface area contributed by atoms with E-state index in [9.17, 15) is 14.4 Å². The molecule has 4 atom stereocenters. The van der Waals surface area contributed by atoms with Crippen LogP contribution in [0, 0.1) is 11.8 Å². The first-order valence-corrected chi connectivity index (χ1v) is 13.0. The molecule has 3 aliphatic heterocycles. The molecule has 2 fully saturated rings. The van der Waals surface area contributed by atoms with Gasteiger partial charge in [0, 0.05) is 16.2 Å². The number of hydrogen-bond donors (Lipinski definition) is 0. The maximum Gasteiger partial charge on any atom is 0.240 e. The summed E-state index contributed by atoms with van der Waals surface area (Å²) in [5.74, 6) is -1.72. The van der Waals surface area contributed by atoms with Gasteiger partial charge in [0.2, 0.25) is 11.8 Å². The summed E-state index contributed by atoms with van der Waals surface area (Å²) in [5, 5.41) is 0. The van der Waals surface area contributed by atoms with Crippen LogP contribution in [0.25, 0.3) is 6.08 Å². The molecule has 0 radical (unpaired) electrons. The molecule has 0 aromatic heterocycles. The number of halogens is 2. The zero-order valence-electron chi connectivity index (χ0n) is 19.1. The molecule has 36 heavy (non-hydrogen) atoms. The second-order valence-corrected chi connectivity index (χ2v) is 10.8. The van der Waals surface area contributed by atoms with Crippen LogP contribution in [0.15, 0.2) is 81.9 Å². The van der Waals surface area contributed by atoms with Gasteiger partial charge >= 0.3 is 0 Å².